The van der Waals surface area contributed by atoms with Crippen molar-refractivity contribution in [2.24, 2.45) is 0 Å². The van der Waals surface area contributed by atoms with Crippen LogP contribution in [0.4, 0.5) is 0 Å². The molecule has 0 bridgehead atoms. The number of hydrogen-bond acceptors (Lipinski definition) is 4. The quantitative estimate of drug-likeness (QED) is 0.688. The average Bonchev–Trinajstić information content (AvgIpc) is 2.15. The number of carbonyl (C=O) groups is 2. The fraction of sp³-hybridized carbons (Fsp3) is 0.333. The van der Waals surface area contributed by atoms with E-state index in [1.165, 1.54) is 6.33 Å². The lowest BCUT2D eigenvalue weighted by Gasteiger charge is -1.97. The lowest BCUT2D eigenvalue weighted by molar-refractivity contribution is -0.140. The number of aryl methyl sites for hydroxylation is 1. The van der Waals surface area contributed by atoms with Gasteiger partial charge in [0.1, 0.15) is 18.5 Å². The highest BCUT2D eigenvalue weighted by molar-refractivity contribution is 5.94. The molecular weight excluding hydrogens is 184 g/mol. The van der Waals surface area contributed by atoms with Gasteiger partial charge in [-0.25, -0.2) is 9.97 Å². The third-order valence-corrected chi connectivity index (χ3v) is 1.65. The average molecular weight is 194 g/mol. The summed E-state index contributed by atoms with van der Waals surface area (Å²) in [6.45, 7) is 0. The van der Waals surface area contributed by atoms with E-state index < -0.39 is 12.4 Å². The molecule has 0 fully saturated rings. The van der Waals surface area contributed by atoms with Gasteiger partial charge in [0.25, 0.3) is 0 Å². The van der Waals surface area contributed by atoms with Crippen molar-refractivity contribution >= 4 is 11.8 Å². The first kappa shape index (κ1) is 10.3. The molecule has 0 aliphatic heterocycles. The van der Waals surface area contributed by atoms with Crippen LogP contribution in [0, 0.1) is 0 Å². The zero-order valence-corrected chi connectivity index (χ0v) is 7.51. The number of ketones is 1. The maximum Gasteiger partial charge on any atom is 0.310 e. The molecular formula is C9H10N2O3. The number of aliphatic carboxylic acids is 1. The molecule has 1 aromatic heterocycles. The molecule has 5 nitrogen and oxygen atoms in total. The molecule has 1 rings (SSSR count). The van der Waals surface area contributed by atoms with Crippen molar-refractivity contribution in [2.45, 2.75) is 19.3 Å². The molecule has 0 aliphatic carbocycles. The molecule has 0 unspecified atom stereocenters. The SMILES string of the molecule is O=C(O)CC(=O)CCc1ccncn1. The fourth-order valence-corrected chi connectivity index (χ4v) is 0.991. The molecule has 0 spiro atoms. The standard InChI is InChI=1S/C9H10N2O3/c12-8(5-9(13)14)2-1-7-3-4-10-6-11-7/h3-4,6H,1-2,5H2,(H,13,14). The highest BCUT2D eigenvalue weighted by atomic mass is 16.4. The molecule has 1 N–H and O–H groups in total. The van der Waals surface area contributed by atoms with E-state index in [0.29, 0.717) is 6.42 Å². The van der Waals surface area contributed by atoms with Crippen molar-refractivity contribution in [3.63, 3.8) is 0 Å². The summed E-state index contributed by atoms with van der Waals surface area (Å²) >= 11 is 0. The second kappa shape index (κ2) is 5.06. The molecule has 5 heteroatoms. The maximum absolute atomic E-state index is 11.0. The Balaban J connectivity index is 2.34. The molecule has 0 saturated carbocycles. The topological polar surface area (TPSA) is 80.1 Å². The highest BCUT2D eigenvalue weighted by Crippen LogP contribution is 1.99. The number of hydrogen-bond donors (Lipinski definition) is 1. The summed E-state index contributed by atoms with van der Waals surface area (Å²) in [4.78, 5) is 28.8. The van der Waals surface area contributed by atoms with Crippen LogP contribution in [-0.4, -0.2) is 26.8 Å². The number of carbonyl (C=O) groups excluding carboxylic acids is 1. The number of Topliss-reactive ketones (excluding diaryl/α,β-unsaturated/α-hetero) is 1. The molecule has 74 valence electrons. The van der Waals surface area contributed by atoms with Crippen LogP contribution in [0.25, 0.3) is 0 Å². The van der Waals surface area contributed by atoms with Crippen molar-refractivity contribution in [1.29, 1.82) is 0 Å². The van der Waals surface area contributed by atoms with Crippen LogP contribution in [0.3, 0.4) is 0 Å². The first-order valence-electron chi connectivity index (χ1n) is 4.17. The summed E-state index contributed by atoms with van der Waals surface area (Å²) in [7, 11) is 0. The summed E-state index contributed by atoms with van der Waals surface area (Å²) < 4.78 is 0. The summed E-state index contributed by atoms with van der Waals surface area (Å²) in [6, 6.07) is 1.70. The van der Waals surface area contributed by atoms with E-state index in [-0.39, 0.29) is 12.2 Å². The van der Waals surface area contributed by atoms with Crippen molar-refractivity contribution in [3.05, 3.63) is 24.3 Å². The molecule has 1 heterocycles. The number of nitrogens with zero attached hydrogens (tertiary/aromatic N) is 2. The minimum atomic E-state index is -1.09. The Morgan fingerprint density at radius 1 is 1.43 bits per heavy atom. The van der Waals surface area contributed by atoms with Crippen LogP contribution in [0.15, 0.2) is 18.6 Å². The van der Waals surface area contributed by atoms with Crippen molar-refractivity contribution in [1.82, 2.24) is 9.97 Å². The van der Waals surface area contributed by atoms with Crippen LogP contribution in [0.1, 0.15) is 18.5 Å². The van der Waals surface area contributed by atoms with Crippen LogP contribution >= 0.6 is 0 Å². The zero-order valence-electron chi connectivity index (χ0n) is 7.51. The van der Waals surface area contributed by atoms with E-state index in [4.69, 9.17) is 5.11 Å². The smallest absolute Gasteiger partial charge is 0.310 e. The summed E-state index contributed by atoms with van der Waals surface area (Å²) in [5, 5.41) is 8.33. The van der Waals surface area contributed by atoms with Gasteiger partial charge in [0.2, 0.25) is 0 Å². The molecule has 14 heavy (non-hydrogen) atoms. The minimum Gasteiger partial charge on any atom is -0.481 e. The van der Waals surface area contributed by atoms with Gasteiger partial charge in [0.05, 0.1) is 0 Å². The maximum atomic E-state index is 11.0. The number of aromatic nitrogens is 2. The highest BCUT2D eigenvalue weighted by Gasteiger charge is 2.07. The van der Waals surface area contributed by atoms with Gasteiger partial charge in [-0.1, -0.05) is 0 Å². The minimum absolute atomic E-state index is 0.212. The zero-order chi connectivity index (χ0) is 10.4. The molecule has 1 aromatic rings. The van der Waals surface area contributed by atoms with Crippen LogP contribution in [0.2, 0.25) is 0 Å². The Morgan fingerprint density at radius 3 is 2.79 bits per heavy atom. The van der Waals surface area contributed by atoms with Gasteiger partial charge in [-0.3, -0.25) is 9.59 Å². The van der Waals surface area contributed by atoms with Gasteiger partial charge < -0.3 is 5.11 Å². The fourth-order valence-electron chi connectivity index (χ4n) is 0.991. The normalized spacial score (nSPS) is 9.71. The summed E-state index contributed by atoms with van der Waals surface area (Å²) in [5.41, 5.74) is 0.749. The van der Waals surface area contributed by atoms with Gasteiger partial charge in [0.15, 0.2) is 0 Å². The van der Waals surface area contributed by atoms with E-state index in [0.717, 1.165) is 5.69 Å². The lowest BCUT2D eigenvalue weighted by Crippen LogP contribution is -2.07. The summed E-state index contributed by atoms with van der Waals surface area (Å²) in [6.07, 6.45) is 3.25. The first-order chi connectivity index (χ1) is 6.68. The van der Waals surface area contributed by atoms with Crippen molar-refractivity contribution in [3.8, 4) is 0 Å². The Morgan fingerprint density at radius 2 is 2.21 bits per heavy atom. The second-order valence-corrected chi connectivity index (χ2v) is 2.81. The molecule has 0 aromatic carbocycles. The molecule has 0 saturated heterocycles. The molecule has 0 radical (unpaired) electrons. The Labute approximate surface area is 80.8 Å². The van der Waals surface area contributed by atoms with Crippen molar-refractivity contribution < 1.29 is 14.7 Å². The predicted octanol–water partition coefficient (Wildman–Crippen LogP) is 0.453. The Kier molecular flexibility index (Phi) is 3.72. The van der Waals surface area contributed by atoms with E-state index in [1.54, 1.807) is 12.3 Å². The number of rotatable bonds is 5. The third kappa shape index (κ3) is 3.75. The van der Waals surface area contributed by atoms with Crippen LogP contribution in [0.5, 0.6) is 0 Å². The van der Waals surface area contributed by atoms with Gasteiger partial charge in [-0.05, 0) is 12.5 Å². The molecule has 0 atom stereocenters. The van der Waals surface area contributed by atoms with Gasteiger partial charge in [0, 0.05) is 18.3 Å². The van der Waals surface area contributed by atoms with E-state index >= 15 is 0 Å². The van der Waals surface area contributed by atoms with E-state index in [2.05, 4.69) is 9.97 Å². The van der Waals surface area contributed by atoms with E-state index in [1.807, 2.05) is 0 Å². The molecule has 0 aliphatic rings. The van der Waals surface area contributed by atoms with E-state index in [9.17, 15) is 9.59 Å². The number of carboxylic acid groups (broad SMARTS) is 1. The third-order valence-electron chi connectivity index (χ3n) is 1.65. The number of carboxylic acids is 1. The van der Waals surface area contributed by atoms with Crippen molar-refractivity contribution in [2.75, 3.05) is 0 Å². The lowest BCUT2D eigenvalue weighted by atomic mass is 10.1. The Bertz CT molecular complexity index is 324. The van der Waals surface area contributed by atoms with Gasteiger partial charge in [-0.15, -0.1) is 0 Å². The Hall–Kier alpha value is -1.78. The summed E-state index contributed by atoms with van der Waals surface area (Å²) in [5.74, 6) is -1.37. The van der Waals surface area contributed by atoms with Gasteiger partial charge in [-0.2, -0.15) is 0 Å². The monoisotopic (exact) mass is 194 g/mol. The van der Waals surface area contributed by atoms with Gasteiger partial charge >= 0.3 is 5.97 Å². The predicted molar refractivity (Wildman–Crippen MR) is 47.6 cm³/mol. The van der Waals surface area contributed by atoms with Crippen LogP contribution < -0.4 is 0 Å². The molecule has 0 amide bonds. The first-order valence-corrected chi connectivity index (χ1v) is 4.17. The largest absolute Gasteiger partial charge is 0.481 e. The van der Waals surface area contributed by atoms with Crippen LogP contribution in [-0.2, 0) is 16.0 Å². The second-order valence-electron chi connectivity index (χ2n) is 2.81.